The number of aromatic nitrogens is 6. The van der Waals surface area contributed by atoms with Gasteiger partial charge in [0.1, 0.15) is 12.0 Å². The molecule has 3 aromatic heterocycles. The van der Waals surface area contributed by atoms with E-state index in [-0.39, 0.29) is 29.4 Å². The molecule has 34 heavy (non-hydrogen) atoms. The molecule has 1 aliphatic carbocycles. The van der Waals surface area contributed by atoms with Crippen LogP contribution in [0, 0.1) is 0 Å². The Labute approximate surface area is 196 Å². The Hall–Kier alpha value is -3.93. The second-order valence-electron chi connectivity index (χ2n) is 8.98. The molecule has 1 saturated carbocycles. The molecular weight excluding hydrogens is 438 g/mol. The van der Waals surface area contributed by atoms with Crippen molar-refractivity contribution in [1.29, 1.82) is 0 Å². The molecule has 0 radical (unpaired) electrons. The van der Waals surface area contributed by atoms with Gasteiger partial charge in [-0.3, -0.25) is 14.3 Å². The number of nitrogens with one attached hydrogen (secondary N) is 2. The van der Waals surface area contributed by atoms with Crippen LogP contribution in [-0.4, -0.2) is 70.7 Å². The van der Waals surface area contributed by atoms with E-state index in [2.05, 4.69) is 35.7 Å². The number of amides is 2. The van der Waals surface area contributed by atoms with E-state index < -0.39 is 17.4 Å². The molecular formula is C22H27N9O3. The molecule has 3 N–H and O–H groups in total. The van der Waals surface area contributed by atoms with Gasteiger partial charge in [-0.05, 0) is 26.7 Å². The van der Waals surface area contributed by atoms with Gasteiger partial charge in [-0.2, -0.15) is 5.10 Å². The van der Waals surface area contributed by atoms with Gasteiger partial charge in [0.15, 0.2) is 11.5 Å². The summed E-state index contributed by atoms with van der Waals surface area (Å²) in [7, 11) is 3.18. The number of aliphatic hydroxyl groups is 1. The Morgan fingerprint density at radius 3 is 2.56 bits per heavy atom. The average molecular weight is 466 g/mol. The Bertz CT molecular complexity index is 1200. The van der Waals surface area contributed by atoms with Gasteiger partial charge in [-0.25, -0.2) is 19.9 Å². The smallest absolute Gasteiger partial charge is 0.278 e. The maximum Gasteiger partial charge on any atom is 0.278 e. The van der Waals surface area contributed by atoms with E-state index in [9.17, 15) is 14.7 Å². The molecule has 2 amide bonds. The van der Waals surface area contributed by atoms with E-state index in [0.717, 1.165) is 18.5 Å². The van der Waals surface area contributed by atoms with Crippen molar-refractivity contribution in [2.75, 3.05) is 24.2 Å². The molecule has 3 aromatic rings. The highest BCUT2D eigenvalue weighted by molar-refractivity contribution is 6.09. The molecule has 1 fully saturated rings. The summed E-state index contributed by atoms with van der Waals surface area (Å²) in [6, 6.07) is 0. The van der Waals surface area contributed by atoms with Crippen molar-refractivity contribution < 1.29 is 14.7 Å². The summed E-state index contributed by atoms with van der Waals surface area (Å²) in [6.45, 7) is 3.33. The first-order valence-electron chi connectivity index (χ1n) is 10.8. The van der Waals surface area contributed by atoms with Crippen LogP contribution in [0.5, 0.6) is 0 Å². The van der Waals surface area contributed by atoms with E-state index in [1.165, 1.54) is 22.1 Å². The van der Waals surface area contributed by atoms with E-state index in [1.54, 1.807) is 46.5 Å². The first-order chi connectivity index (χ1) is 16.1. The highest BCUT2D eigenvalue weighted by atomic mass is 16.3. The molecule has 12 nitrogen and oxygen atoms in total. The quantitative estimate of drug-likeness (QED) is 0.451. The molecule has 0 aliphatic heterocycles. The maximum absolute atomic E-state index is 13.3. The average Bonchev–Trinajstić information content (AvgIpc) is 3.57. The zero-order chi connectivity index (χ0) is 24.5. The van der Waals surface area contributed by atoms with Gasteiger partial charge in [0, 0.05) is 26.6 Å². The van der Waals surface area contributed by atoms with Crippen molar-refractivity contribution in [1.82, 2.24) is 34.6 Å². The predicted octanol–water partition coefficient (Wildman–Crippen LogP) is 1.72. The van der Waals surface area contributed by atoms with Crippen LogP contribution in [-0.2, 0) is 7.05 Å². The normalized spacial score (nSPS) is 13.4. The molecule has 0 aromatic carbocycles. The molecule has 178 valence electrons. The third-order valence-corrected chi connectivity index (χ3v) is 5.19. The minimum Gasteiger partial charge on any atom is -0.389 e. The number of aryl methyl sites for hydroxylation is 1. The zero-order valence-electron chi connectivity index (χ0n) is 19.5. The summed E-state index contributed by atoms with van der Waals surface area (Å²) >= 11 is 0. The van der Waals surface area contributed by atoms with Crippen molar-refractivity contribution in [2.24, 2.45) is 7.05 Å². The van der Waals surface area contributed by atoms with Crippen LogP contribution in [0.3, 0.4) is 0 Å². The fourth-order valence-corrected chi connectivity index (χ4v) is 3.53. The van der Waals surface area contributed by atoms with Gasteiger partial charge in [-0.15, -0.1) is 0 Å². The summed E-state index contributed by atoms with van der Waals surface area (Å²) in [4.78, 5) is 44.6. The molecule has 0 bridgehead atoms. The topological polar surface area (TPSA) is 151 Å². The first kappa shape index (κ1) is 23.2. The van der Waals surface area contributed by atoms with Crippen molar-refractivity contribution in [3.8, 4) is 0 Å². The molecule has 12 heteroatoms. The molecule has 4 rings (SSSR count). The molecule has 0 atom stereocenters. The minimum absolute atomic E-state index is 0.0837. The SMILES string of the molecule is CN(CC(C)(C)O)C(=O)c1c(NC(=O)c2nc(C3CC3)cnc2Nc2cncnc2)cnn1C. The van der Waals surface area contributed by atoms with Crippen LogP contribution in [0.25, 0.3) is 0 Å². The summed E-state index contributed by atoms with van der Waals surface area (Å²) < 4.78 is 1.38. The number of likely N-dealkylation sites (N-methyl/N-ethyl adjacent to an activating group) is 1. The van der Waals surface area contributed by atoms with Gasteiger partial charge >= 0.3 is 0 Å². The lowest BCUT2D eigenvalue weighted by Gasteiger charge is -2.25. The van der Waals surface area contributed by atoms with Crippen LogP contribution in [0.2, 0.25) is 0 Å². The van der Waals surface area contributed by atoms with Gasteiger partial charge in [0.25, 0.3) is 11.8 Å². The summed E-state index contributed by atoms with van der Waals surface area (Å²) in [5.41, 5.74) is 0.709. The van der Waals surface area contributed by atoms with Crippen LogP contribution < -0.4 is 10.6 Å². The highest BCUT2D eigenvalue weighted by Crippen LogP contribution is 2.39. The Morgan fingerprint density at radius 1 is 1.21 bits per heavy atom. The molecule has 0 saturated heterocycles. The monoisotopic (exact) mass is 465 g/mol. The number of rotatable bonds is 8. The predicted molar refractivity (Wildman–Crippen MR) is 124 cm³/mol. The Balaban J connectivity index is 1.62. The number of carbonyl (C=O) groups is 2. The van der Waals surface area contributed by atoms with Crippen LogP contribution in [0.4, 0.5) is 17.2 Å². The zero-order valence-corrected chi connectivity index (χ0v) is 19.5. The number of carbonyl (C=O) groups excluding carboxylic acids is 2. The molecule has 1 aliphatic rings. The molecule has 0 spiro atoms. The standard InChI is InChI=1S/C22H27N9O3/c1-22(2,34)11-30(3)21(33)18-16(10-26-31(18)4)29-20(32)17-19(27-14-7-23-12-24-8-14)25-9-15(28-17)13-5-6-13/h7-10,12-13,34H,5-6,11H2,1-4H3,(H,25,27)(H,29,32). The number of nitrogens with zero attached hydrogens (tertiary/aromatic N) is 7. The summed E-state index contributed by atoms with van der Waals surface area (Å²) in [5.74, 6) is -0.400. The van der Waals surface area contributed by atoms with Gasteiger partial charge in [0.2, 0.25) is 0 Å². The van der Waals surface area contributed by atoms with Gasteiger partial charge in [0.05, 0.1) is 47.5 Å². The third-order valence-electron chi connectivity index (χ3n) is 5.19. The van der Waals surface area contributed by atoms with Gasteiger partial charge < -0.3 is 20.6 Å². The summed E-state index contributed by atoms with van der Waals surface area (Å²) in [6.07, 6.45) is 9.58. The largest absolute Gasteiger partial charge is 0.389 e. The molecule has 0 unspecified atom stereocenters. The van der Waals surface area contributed by atoms with Crippen LogP contribution in [0.1, 0.15) is 59.3 Å². The minimum atomic E-state index is -1.08. The van der Waals surface area contributed by atoms with Crippen molar-refractivity contribution in [2.45, 2.75) is 38.2 Å². The Morgan fingerprint density at radius 2 is 1.91 bits per heavy atom. The lowest BCUT2D eigenvalue weighted by Crippen LogP contribution is -2.40. The van der Waals surface area contributed by atoms with Crippen LogP contribution >= 0.6 is 0 Å². The van der Waals surface area contributed by atoms with E-state index >= 15 is 0 Å². The Kier molecular flexibility index (Phi) is 6.24. The summed E-state index contributed by atoms with van der Waals surface area (Å²) in [5, 5.41) is 20.0. The third kappa shape index (κ3) is 5.34. The van der Waals surface area contributed by atoms with E-state index in [4.69, 9.17) is 0 Å². The van der Waals surface area contributed by atoms with Crippen molar-refractivity contribution in [3.63, 3.8) is 0 Å². The highest BCUT2D eigenvalue weighted by Gasteiger charge is 2.29. The van der Waals surface area contributed by atoms with Crippen molar-refractivity contribution >= 4 is 29.0 Å². The number of hydrogen-bond donors (Lipinski definition) is 3. The second kappa shape index (κ2) is 9.14. The first-order valence-corrected chi connectivity index (χ1v) is 10.8. The fourth-order valence-electron chi connectivity index (χ4n) is 3.53. The lowest BCUT2D eigenvalue weighted by molar-refractivity contribution is 0.0362. The maximum atomic E-state index is 13.3. The lowest BCUT2D eigenvalue weighted by atomic mass is 10.1. The van der Waals surface area contributed by atoms with E-state index in [1.807, 2.05) is 0 Å². The van der Waals surface area contributed by atoms with Crippen molar-refractivity contribution in [3.05, 3.63) is 48.2 Å². The number of hydrogen-bond acceptors (Lipinski definition) is 9. The van der Waals surface area contributed by atoms with E-state index in [0.29, 0.717) is 11.6 Å². The number of anilines is 3. The molecule has 3 heterocycles. The second-order valence-corrected chi connectivity index (χ2v) is 8.98. The van der Waals surface area contributed by atoms with Gasteiger partial charge in [-0.1, -0.05) is 0 Å². The fraction of sp³-hybridized carbons (Fsp3) is 0.409. The van der Waals surface area contributed by atoms with Crippen LogP contribution in [0.15, 0.2) is 31.1 Å².